The van der Waals surface area contributed by atoms with Crippen LogP contribution in [0.4, 0.5) is 0 Å². The SMILES string of the molecule is Cc1c(C)c(O)n2c(nc3ccccc32)c1C#N. The lowest BCUT2D eigenvalue weighted by Crippen LogP contribution is -1.97. The predicted molar refractivity (Wildman–Crippen MR) is 68.6 cm³/mol. The summed E-state index contributed by atoms with van der Waals surface area (Å²) < 4.78 is 1.64. The van der Waals surface area contributed by atoms with Crippen molar-refractivity contribution < 1.29 is 5.11 Å². The van der Waals surface area contributed by atoms with Gasteiger partial charge in [0, 0.05) is 5.56 Å². The monoisotopic (exact) mass is 237 g/mol. The van der Waals surface area contributed by atoms with E-state index in [1.54, 1.807) is 11.3 Å². The molecule has 0 unspecified atom stereocenters. The summed E-state index contributed by atoms with van der Waals surface area (Å²) in [5.74, 6) is 0.148. The fourth-order valence-corrected chi connectivity index (χ4v) is 2.23. The lowest BCUT2D eigenvalue weighted by atomic mass is 10.1. The standard InChI is InChI=1S/C14H11N3O/c1-8-9(2)14(18)17-12-6-4-3-5-11(12)16-13(17)10(8)7-15/h3-6,18H,1-2H3. The summed E-state index contributed by atoms with van der Waals surface area (Å²) >= 11 is 0. The number of pyridine rings is 1. The Labute approximate surface area is 104 Å². The van der Waals surface area contributed by atoms with Crippen LogP contribution in [0.2, 0.25) is 0 Å². The first kappa shape index (κ1) is 10.6. The Kier molecular flexibility index (Phi) is 2.05. The van der Waals surface area contributed by atoms with Crippen molar-refractivity contribution >= 4 is 16.7 Å². The zero-order valence-electron chi connectivity index (χ0n) is 10.1. The van der Waals surface area contributed by atoms with Gasteiger partial charge in [0.05, 0.1) is 16.6 Å². The fraction of sp³-hybridized carbons (Fsp3) is 0.143. The molecule has 0 fully saturated rings. The molecule has 4 heteroatoms. The first-order valence-corrected chi connectivity index (χ1v) is 5.64. The van der Waals surface area contributed by atoms with E-state index >= 15 is 0 Å². The lowest BCUT2D eigenvalue weighted by Gasteiger charge is -2.09. The molecule has 3 rings (SSSR count). The summed E-state index contributed by atoms with van der Waals surface area (Å²) in [7, 11) is 0. The van der Waals surface area contributed by atoms with Crippen LogP contribution in [-0.2, 0) is 0 Å². The Morgan fingerprint density at radius 2 is 1.94 bits per heavy atom. The highest BCUT2D eigenvalue weighted by atomic mass is 16.3. The fourth-order valence-electron chi connectivity index (χ4n) is 2.23. The van der Waals surface area contributed by atoms with Gasteiger partial charge in [0.15, 0.2) is 5.65 Å². The number of para-hydroxylation sites is 2. The van der Waals surface area contributed by atoms with E-state index < -0.39 is 0 Å². The first-order chi connectivity index (χ1) is 8.65. The summed E-state index contributed by atoms with van der Waals surface area (Å²) in [6.07, 6.45) is 0. The smallest absolute Gasteiger partial charge is 0.200 e. The molecule has 88 valence electrons. The van der Waals surface area contributed by atoms with Crippen LogP contribution in [0.5, 0.6) is 5.88 Å². The average molecular weight is 237 g/mol. The van der Waals surface area contributed by atoms with Crippen molar-refractivity contribution in [3.05, 3.63) is 41.0 Å². The van der Waals surface area contributed by atoms with Crippen LogP contribution in [0.1, 0.15) is 16.7 Å². The summed E-state index contributed by atoms with van der Waals surface area (Å²) in [4.78, 5) is 4.43. The number of imidazole rings is 1. The molecule has 3 aromatic rings. The summed E-state index contributed by atoms with van der Waals surface area (Å²) in [6, 6.07) is 9.69. The minimum Gasteiger partial charge on any atom is -0.494 e. The van der Waals surface area contributed by atoms with Crippen LogP contribution in [0.15, 0.2) is 24.3 Å². The highest BCUT2D eigenvalue weighted by Crippen LogP contribution is 2.30. The van der Waals surface area contributed by atoms with Crippen molar-refractivity contribution in [2.24, 2.45) is 0 Å². The van der Waals surface area contributed by atoms with E-state index in [0.717, 1.165) is 16.6 Å². The maximum absolute atomic E-state index is 10.3. The van der Waals surface area contributed by atoms with Gasteiger partial charge in [0.1, 0.15) is 6.07 Å². The number of hydrogen-bond acceptors (Lipinski definition) is 3. The van der Waals surface area contributed by atoms with Crippen LogP contribution in [0, 0.1) is 25.2 Å². The molecule has 18 heavy (non-hydrogen) atoms. The third kappa shape index (κ3) is 1.16. The van der Waals surface area contributed by atoms with Crippen molar-refractivity contribution in [1.29, 1.82) is 5.26 Å². The highest BCUT2D eigenvalue weighted by molar-refractivity contribution is 5.84. The molecule has 0 aliphatic heterocycles. The third-order valence-electron chi connectivity index (χ3n) is 3.38. The van der Waals surface area contributed by atoms with Gasteiger partial charge in [-0.1, -0.05) is 12.1 Å². The van der Waals surface area contributed by atoms with Gasteiger partial charge < -0.3 is 5.11 Å². The topological polar surface area (TPSA) is 61.3 Å². The molecule has 0 saturated carbocycles. The van der Waals surface area contributed by atoms with E-state index in [-0.39, 0.29) is 5.88 Å². The number of aromatic nitrogens is 2. The maximum Gasteiger partial charge on any atom is 0.200 e. The highest BCUT2D eigenvalue weighted by Gasteiger charge is 2.17. The number of aromatic hydroxyl groups is 1. The third-order valence-corrected chi connectivity index (χ3v) is 3.38. The number of fused-ring (bicyclic) bond motifs is 3. The van der Waals surface area contributed by atoms with Gasteiger partial charge in [-0.3, -0.25) is 4.40 Å². The molecule has 0 aliphatic carbocycles. The van der Waals surface area contributed by atoms with Crippen molar-refractivity contribution in [2.45, 2.75) is 13.8 Å². The molecule has 0 aliphatic rings. The Morgan fingerprint density at radius 1 is 1.22 bits per heavy atom. The molecule has 2 aromatic heterocycles. The second kappa shape index (κ2) is 3.47. The largest absolute Gasteiger partial charge is 0.494 e. The van der Waals surface area contributed by atoms with Gasteiger partial charge in [-0.25, -0.2) is 4.98 Å². The van der Waals surface area contributed by atoms with Crippen LogP contribution >= 0.6 is 0 Å². The minimum atomic E-state index is 0.148. The number of nitrogens with zero attached hydrogens (tertiary/aromatic N) is 3. The Morgan fingerprint density at radius 3 is 2.67 bits per heavy atom. The van der Waals surface area contributed by atoms with Crippen molar-refractivity contribution in [3.8, 4) is 11.9 Å². The zero-order valence-corrected chi connectivity index (χ0v) is 10.1. The summed E-state index contributed by atoms with van der Waals surface area (Å²) in [5, 5.41) is 19.5. The van der Waals surface area contributed by atoms with Crippen molar-refractivity contribution in [2.75, 3.05) is 0 Å². The van der Waals surface area contributed by atoms with Gasteiger partial charge >= 0.3 is 0 Å². The molecular formula is C14H11N3O. The van der Waals surface area contributed by atoms with E-state index in [2.05, 4.69) is 11.1 Å². The summed E-state index contributed by atoms with van der Waals surface area (Å²) in [5.41, 5.74) is 4.10. The molecule has 0 atom stereocenters. The maximum atomic E-state index is 10.3. The first-order valence-electron chi connectivity index (χ1n) is 5.64. The Balaban J connectivity index is 2.69. The average Bonchev–Trinajstić information content (AvgIpc) is 2.76. The quantitative estimate of drug-likeness (QED) is 0.653. The molecule has 4 nitrogen and oxygen atoms in total. The minimum absolute atomic E-state index is 0.148. The lowest BCUT2D eigenvalue weighted by molar-refractivity contribution is 0.443. The van der Waals surface area contributed by atoms with E-state index in [1.807, 2.05) is 31.2 Å². The summed E-state index contributed by atoms with van der Waals surface area (Å²) in [6.45, 7) is 3.63. The molecule has 0 spiro atoms. The Hall–Kier alpha value is -2.54. The van der Waals surface area contributed by atoms with E-state index in [1.165, 1.54) is 0 Å². The molecule has 0 radical (unpaired) electrons. The van der Waals surface area contributed by atoms with Crippen LogP contribution in [0.25, 0.3) is 16.7 Å². The van der Waals surface area contributed by atoms with E-state index in [9.17, 15) is 10.4 Å². The van der Waals surface area contributed by atoms with Gasteiger partial charge in [0.25, 0.3) is 0 Å². The molecule has 1 N–H and O–H groups in total. The molecule has 1 aromatic carbocycles. The van der Waals surface area contributed by atoms with E-state index in [4.69, 9.17) is 0 Å². The van der Waals surface area contributed by atoms with Gasteiger partial charge in [-0.2, -0.15) is 5.26 Å². The number of nitriles is 1. The molecular weight excluding hydrogens is 226 g/mol. The van der Waals surface area contributed by atoms with Crippen molar-refractivity contribution in [1.82, 2.24) is 9.38 Å². The van der Waals surface area contributed by atoms with Gasteiger partial charge in [-0.05, 0) is 31.5 Å². The molecule has 0 amide bonds. The zero-order chi connectivity index (χ0) is 12.9. The molecule has 0 saturated heterocycles. The van der Waals surface area contributed by atoms with E-state index in [0.29, 0.717) is 16.8 Å². The number of benzene rings is 1. The van der Waals surface area contributed by atoms with Gasteiger partial charge in [-0.15, -0.1) is 0 Å². The van der Waals surface area contributed by atoms with Crippen molar-refractivity contribution in [3.63, 3.8) is 0 Å². The second-order valence-electron chi connectivity index (χ2n) is 4.32. The Bertz CT molecular complexity index is 825. The van der Waals surface area contributed by atoms with Crippen LogP contribution in [0.3, 0.4) is 0 Å². The second-order valence-corrected chi connectivity index (χ2v) is 4.32. The normalized spacial score (nSPS) is 10.9. The van der Waals surface area contributed by atoms with Gasteiger partial charge in [0.2, 0.25) is 5.88 Å². The van der Waals surface area contributed by atoms with Crippen LogP contribution < -0.4 is 0 Å². The molecule has 0 bridgehead atoms. The molecule has 2 heterocycles. The van der Waals surface area contributed by atoms with Crippen LogP contribution in [-0.4, -0.2) is 14.5 Å². The number of hydrogen-bond donors (Lipinski definition) is 1. The predicted octanol–water partition coefficient (Wildman–Crippen LogP) is 2.68. The number of rotatable bonds is 0.